The number of primary sulfonamides is 1. The number of thiazole rings is 1. The van der Waals surface area contributed by atoms with Gasteiger partial charge in [0.05, 0.1) is 25.7 Å². The van der Waals surface area contributed by atoms with Gasteiger partial charge >= 0.3 is 0 Å². The number of hydrogen-bond acceptors (Lipinski definition) is 5. The number of aromatic nitrogens is 1. The third kappa shape index (κ3) is 3.24. The summed E-state index contributed by atoms with van der Waals surface area (Å²) < 4.78 is 37.0. The highest BCUT2D eigenvalue weighted by Crippen LogP contribution is 2.29. The largest absolute Gasteiger partial charge is 0.298 e. The molecule has 1 amide bonds. The lowest BCUT2D eigenvalue weighted by molar-refractivity contribution is 0.102. The van der Waals surface area contributed by atoms with Crippen LogP contribution in [0.4, 0.5) is 9.52 Å². The van der Waals surface area contributed by atoms with Crippen LogP contribution in [-0.4, -0.2) is 19.3 Å². The number of nitrogens with one attached hydrogen (secondary N) is 1. The molecule has 1 heterocycles. The van der Waals surface area contributed by atoms with Crippen molar-refractivity contribution in [3.8, 4) is 0 Å². The van der Waals surface area contributed by atoms with Crippen LogP contribution >= 0.6 is 22.9 Å². The van der Waals surface area contributed by atoms with Crippen LogP contribution < -0.4 is 10.5 Å². The number of nitrogens with two attached hydrogens (primary N) is 1. The molecule has 1 aromatic heterocycles. The molecule has 3 rings (SSSR count). The van der Waals surface area contributed by atoms with Crippen molar-refractivity contribution in [3.63, 3.8) is 0 Å². The molecule has 2 aromatic carbocycles. The number of anilines is 1. The molecule has 0 unspecified atom stereocenters. The molecule has 0 fully saturated rings. The Morgan fingerprint density at radius 2 is 2.04 bits per heavy atom. The molecule has 6 nitrogen and oxygen atoms in total. The van der Waals surface area contributed by atoms with E-state index in [0.717, 1.165) is 17.4 Å². The number of amides is 1. The van der Waals surface area contributed by atoms with E-state index in [2.05, 4.69) is 10.3 Å². The Balaban J connectivity index is 1.95. The summed E-state index contributed by atoms with van der Waals surface area (Å²) in [5.41, 5.74) is 0.186. The Hall–Kier alpha value is -2.07. The Morgan fingerprint density at radius 3 is 2.71 bits per heavy atom. The van der Waals surface area contributed by atoms with Gasteiger partial charge in [0, 0.05) is 0 Å². The number of carbonyl (C=O) groups is 1. The van der Waals surface area contributed by atoms with E-state index in [0.29, 0.717) is 10.2 Å². The van der Waals surface area contributed by atoms with Crippen LogP contribution in [0.1, 0.15) is 10.4 Å². The van der Waals surface area contributed by atoms with E-state index >= 15 is 0 Å². The number of sulfonamides is 1. The molecule has 3 aromatic rings. The van der Waals surface area contributed by atoms with E-state index in [-0.39, 0.29) is 20.6 Å². The quantitative estimate of drug-likeness (QED) is 0.723. The van der Waals surface area contributed by atoms with Gasteiger partial charge in [-0.1, -0.05) is 29.0 Å². The van der Waals surface area contributed by atoms with Crippen LogP contribution in [0, 0.1) is 5.82 Å². The van der Waals surface area contributed by atoms with Crippen LogP contribution in [0.3, 0.4) is 0 Å². The standard InChI is InChI=1S/C14H9ClFN3O3S2/c15-8-2-1-3-9(16)12(8)13(20)19-14-18-10-5-4-7(24(17,21)22)6-11(10)23-14/h1-6H,(H2,17,21,22)(H,18,19,20). The fourth-order valence-electron chi connectivity index (χ4n) is 2.01. The number of fused-ring (bicyclic) bond motifs is 1. The molecule has 24 heavy (non-hydrogen) atoms. The molecule has 0 bridgehead atoms. The summed E-state index contributed by atoms with van der Waals surface area (Å²) in [6.07, 6.45) is 0. The van der Waals surface area contributed by atoms with Gasteiger partial charge in [-0.15, -0.1) is 0 Å². The second-order valence-electron chi connectivity index (χ2n) is 4.74. The first kappa shape index (κ1) is 16.8. The number of rotatable bonds is 3. The first-order valence-electron chi connectivity index (χ1n) is 6.44. The van der Waals surface area contributed by atoms with Crippen molar-refractivity contribution >= 4 is 54.2 Å². The SMILES string of the molecule is NS(=O)(=O)c1ccc2nc(NC(=O)c3c(F)cccc3Cl)sc2c1. The molecule has 0 radical (unpaired) electrons. The second-order valence-corrected chi connectivity index (χ2v) is 7.74. The van der Waals surface area contributed by atoms with Crippen LogP contribution in [0.2, 0.25) is 5.02 Å². The number of benzene rings is 2. The van der Waals surface area contributed by atoms with E-state index in [9.17, 15) is 17.6 Å². The maximum absolute atomic E-state index is 13.7. The molecule has 0 spiro atoms. The van der Waals surface area contributed by atoms with Crippen molar-refractivity contribution in [3.05, 3.63) is 52.8 Å². The molecule has 3 N–H and O–H groups in total. The first-order chi connectivity index (χ1) is 11.3. The average molecular weight is 386 g/mol. The van der Waals surface area contributed by atoms with Gasteiger partial charge in [0.25, 0.3) is 5.91 Å². The molecular weight excluding hydrogens is 377 g/mol. The number of carbonyl (C=O) groups excluding carboxylic acids is 1. The van der Waals surface area contributed by atoms with E-state index in [1.54, 1.807) is 0 Å². The van der Waals surface area contributed by atoms with E-state index in [4.69, 9.17) is 16.7 Å². The molecule has 0 saturated heterocycles. The smallest absolute Gasteiger partial charge is 0.261 e. The summed E-state index contributed by atoms with van der Waals surface area (Å²) in [5, 5.41) is 7.68. The van der Waals surface area contributed by atoms with Crippen molar-refractivity contribution < 1.29 is 17.6 Å². The van der Waals surface area contributed by atoms with Crippen molar-refractivity contribution in [2.75, 3.05) is 5.32 Å². The third-order valence-corrected chi connectivity index (χ3v) is 5.26. The zero-order valence-electron chi connectivity index (χ0n) is 11.8. The van der Waals surface area contributed by atoms with Gasteiger partial charge in [-0.2, -0.15) is 0 Å². The Bertz CT molecular complexity index is 1050. The lowest BCUT2D eigenvalue weighted by Crippen LogP contribution is -2.14. The van der Waals surface area contributed by atoms with Crippen LogP contribution in [0.15, 0.2) is 41.3 Å². The summed E-state index contributed by atoms with van der Waals surface area (Å²) in [6, 6.07) is 8.05. The van der Waals surface area contributed by atoms with Crippen LogP contribution in [0.25, 0.3) is 10.2 Å². The Labute approximate surface area is 145 Å². The lowest BCUT2D eigenvalue weighted by atomic mass is 10.2. The molecule has 0 saturated carbocycles. The number of halogens is 2. The number of nitrogens with zero attached hydrogens (tertiary/aromatic N) is 1. The average Bonchev–Trinajstić information content (AvgIpc) is 2.87. The highest BCUT2D eigenvalue weighted by Gasteiger charge is 2.18. The van der Waals surface area contributed by atoms with Gasteiger partial charge in [-0.25, -0.2) is 22.9 Å². The van der Waals surface area contributed by atoms with Gasteiger partial charge in [-0.05, 0) is 30.3 Å². The third-order valence-electron chi connectivity index (χ3n) is 3.10. The topological polar surface area (TPSA) is 102 Å². The van der Waals surface area contributed by atoms with Crippen LogP contribution in [-0.2, 0) is 10.0 Å². The minimum Gasteiger partial charge on any atom is -0.298 e. The van der Waals surface area contributed by atoms with E-state index in [1.165, 1.54) is 30.3 Å². The van der Waals surface area contributed by atoms with Gasteiger partial charge in [0.2, 0.25) is 10.0 Å². The monoisotopic (exact) mass is 385 g/mol. The zero-order valence-corrected chi connectivity index (χ0v) is 14.2. The maximum atomic E-state index is 13.7. The Kier molecular flexibility index (Phi) is 4.26. The fraction of sp³-hybridized carbons (Fsp3) is 0. The van der Waals surface area contributed by atoms with Gasteiger partial charge in [0.15, 0.2) is 5.13 Å². The molecule has 0 aliphatic carbocycles. The summed E-state index contributed by atoms with van der Waals surface area (Å²) in [6.45, 7) is 0. The van der Waals surface area contributed by atoms with E-state index in [1.807, 2.05) is 0 Å². The molecule has 0 aliphatic rings. The summed E-state index contributed by atoms with van der Waals surface area (Å²) in [5.74, 6) is -1.50. The van der Waals surface area contributed by atoms with Crippen molar-refractivity contribution in [2.45, 2.75) is 4.90 Å². The molecule has 0 aliphatic heterocycles. The minimum absolute atomic E-state index is 0.0230. The summed E-state index contributed by atoms with van der Waals surface area (Å²) in [7, 11) is -3.84. The maximum Gasteiger partial charge on any atom is 0.261 e. The van der Waals surface area contributed by atoms with Crippen molar-refractivity contribution in [2.24, 2.45) is 5.14 Å². The first-order valence-corrected chi connectivity index (χ1v) is 9.18. The normalized spacial score (nSPS) is 11.6. The molecule has 124 valence electrons. The Morgan fingerprint density at radius 1 is 1.29 bits per heavy atom. The molecular formula is C14H9ClFN3O3S2. The molecule has 10 heteroatoms. The summed E-state index contributed by atoms with van der Waals surface area (Å²) in [4.78, 5) is 16.3. The summed E-state index contributed by atoms with van der Waals surface area (Å²) >= 11 is 6.88. The van der Waals surface area contributed by atoms with Crippen molar-refractivity contribution in [1.82, 2.24) is 4.98 Å². The van der Waals surface area contributed by atoms with Gasteiger partial charge in [0.1, 0.15) is 5.82 Å². The number of hydrogen-bond donors (Lipinski definition) is 2. The predicted octanol–water partition coefficient (Wildman–Crippen LogP) is 2.99. The fourth-order valence-corrected chi connectivity index (χ4v) is 3.77. The minimum atomic E-state index is -3.84. The molecule has 0 atom stereocenters. The van der Waals surface area contributed by atoms with Gasteiger partial charge < -0.3 is 0 Å². The second kappa shape index (κ2) is 6.10. The van der Waals surface area contributed by atoms with E-state index < -0.39 is 21.7 Å². The highest BCUT2D eigenvalue weighted by molar-refractivity contribution is 7.89. The predicted molar refractivity (Wildman–Crippen MR) is 90.4 cm³/mol. The van der Waals surface area contributed by atoms with Crippen molar-refractivity contribution in [1.29, 1.82) is 0 Å². The highest BCUT2D eigenvalue weighted by atomic mass is 35.5. The zero-order chi connectivity index (χ0) is 17.5. The van der Waals surface area contributed by atoms with Gasteiger partial charge in [-0.3, -0.25) is 10.1 Å². The van der Waals surface area contributed by atoms with Crippen LogP contribution in [0.5, 0.6) is 0 Å². The lowest BCUT2D eigenvalue weighted by Gasteiger charge is -2.04.